The number of aromatic nitrogens is 6. The van der Waals surface area contributed by atoms with Crippen molar-refractivity contribution in [2.24, 2.45) is 0 Å². The molecule has 5 rings (SSSR count). The van der Waals surface area contributed by atoms with Crippen molar-refractivity contribution in [2.75, 3.05) is 13.7 Å². The summed E-state index contributed by atoms with van der Waals surface area (Å²) in [6.45, 7) is 4.57. The van der Waals surface area contributed by atoms with Crippen LogP contribution in [0.25, 0.3) is 17.2 Å². The van der Waals surface area contributed by atoms with Crippen LogP contribution >= 0.6 is 0 Å². The van der Waals surface area contributed by atoms with E-state index in [1.165, 1.54) is 5.56 Å². The van der Waals surface area contributed by atoms with E-state index in [9.17, 15) is 0 Å². The molecule has 0 N–H and O–H groups in total. The van der Waals surface area contributed by atoms with Crippen molar-refractivity contribution in [3.8, 4) is 29.2 Å². The van der Waals surface area contributed by atoms with Crippen molar-refractivity contribution in [1.29, 1.82) is 5.26 Å². The van der Waals surface area contributed by atoms with Gasteiger partial charge in [-0.05, 0) is 31.5 Å². The average Bonchev–Trinajstić information content (AvgIpc) is 3.54. The van der Waals surface area contributed by atoms with Crippen LogP contribution in [0.1, 0.15) is 35.6 Å². The lowest BCUT2D eigenvalue weighted by molar-refractivity contribution is 0.263. The van der Waals surface area contributed by atoms with Gasteiger partial charge in [0.05, 0.1) is 24.6 Å². The molecule has 4 aromatic heterocycles. The highest BCUT2D eigenvalue weighted by Crippen LogP contribution is 2.28. The van der Waals surface area contributed by atoms with Crippen LogP contribution in [-0.4, -0.2) is 48.5 Å². The van der Waals surface area contributed by atoms with Crippen LogP contribution in [0.3, 0.4) is 0 Å². The molecular weight excluding hydrogens is 424 g/mol. The Balaban J connectivity index is 1.34. The van der Waals surface area contributed by atoms with E-state index in [2.05, 4.69) is 37.5 Å². The van der Waals surface area contributed by atoms with E-state index >= 15 is 0 Å². The van der Waals surface area contributed by atoms with E-state index in [0.717, 1.165) is 37.4 Å². The normalized spacial score (nSPS) is 13.2. The summed E-state index contributed by atoms with van der Waals surface area (Å²) in [5.41, 5.74) is 4.09. The van der Waals surface area contributed by atoms with Crippen LogP contribution in [-0.2, 0) is 19.7 Å². The van der Waals surface area contributed by atoms with E-state index in [1.54, 1.807) is 30.7 Å². The summed E-state index contributed by atoms with van der Waals surface area (Å²) in [6.07, 6.45) is 1.44. The zero-order valence-electron chi connectivity index (χ0n) is 18.4. The predicted octanol–water partition coefficient (Wildman–Crippen LogP) is 2.69. The molecule has 1 aliphatic heterocycles. The summed E-state index contributed by atoms with van der Waals surface area (Å²) in [5.74, 6) is 1.86. The average molecular weight is 446 g/mol. The largest absolute Gasteiger partial charge is 0.491 e. The van der Waals surface area contributed by atoms with Crippen molar-refractivity contribution >= 4 is 5.65 Å². The number of nitriles is 1. The van der Waals surface area contributed by atoms with Crippen LogP contribution in [0.15, 0.2) is 28.8 Å². The van der Waals surface area contributed by atoms with Crippen LogP contribution in [0.4, 0.5) is 0 Å². The van der Waals surface area contributed by atoms with Crippen LogP contribution in [0, 0.1) is 18.3 Å². The smallest absolute Gasteiger partial charge is 0.275 e. The number of hydrogen-bond acceptors (Lipinski definition) is 10. The predicted molar refractivity (Wildman–Crippen MR) is 115 cm³/mol. The fourth-order valence-corrected chi connectivity index (χ4v) is 3.80. The van der Waals surface area contributed by atoms with Gasteiger partial charge in [-0.25, -0.2) is 0 Å². The molecule has 0 radical (unpaired) electrons. The molecule has 5 heterocycles. The number of unbranched alkanes of at least 4 members (excludes halogenated alkanes) is 1. The Morgan fingerprint density at radius 3 is 2.91 bits per heavy atom. The quantitative estimate of drug-likeness (QED) is 0.373. The maximum atomic E-state index is 8.74. The van der Waals surface area contributed by atoms with Gasteiger partial charge in [-0.2, -0.15) is 9.78 Å². The number of methoxy groups -OCH3 is 1. The summed E-state index contributed by atoms with van der Waals surface area (Å²) in [6, 6.07) is 9.72. The molecule has 11 heteroatoms. The molecule has 0 amide bonds. The third-order valence-electron chi connectivity index (χ3n) is 5.42. The van der Waals surface area contributed by atoms with Gasteiger partial charge < -0.3 is 14.0 Å². The van der Waals surface area contributed by atoms with Gasteiger partial charge in [0.15, 0.2) is 17.1 Å². The molecule has 0 atom stereocenters. The fourth-order valence-electron chi connectivity index (χ4n) is 3.80. The number of hydrogen-bond donors (Lipinski definition) is 0. The molecule has 0 saturated carbocycles. The van der Waals surface area contributed by atoms with E-state index in [4.69, 9.17) is 24.2 Å². The number of fused-ring (bicyclic) bond motifs is 2. The van der Waals surface area contributed by atoms with Crippen molar-refractivity contribution < 1.29 is 14.0 Å². The lowest BCUT2D eigenvalue weighted by Crippen LogP contribution is -2.17. The van der Waals surface area contributed by atoms with E-state index in [0.29, 0.717) is 41.0 Å². The number of pyridine rings is 1. The minimum absolute atomic E-state index is 0.233. The highest BCUT2D eigenvalue weighted by molar-refractivity contribution is 5.56. The Hall–Kier alpha value is -4.04. The summed E-state index contributed by atoms with van der Waals surface area (Å²) >= 11 is 0. The SMILES string of the molecule is COc1cc2nnc(-c3cc(C)on3)n2nc1OCc1ccc2c(n1)CN(CCCC#N)C2. The minimum Gasteiger partial charge on any atom is -0.491 e. The number of rotatable bonds is 8. The number of aryl methyl sites for hydroxylation is 1. The van der Waals surface area contributed by atoms with Crippen molar-refractivity contribution in [2.45, 2.75) is 39.5 Å². The molecule has 0 saturated heterocycles. The van der Waals surface area contributed by atoms with E-state index < -0.39 is 0 Å². The molecule has 33 heavy (non-hydrogen) atoms. The van der Waals surface area contributed by atoms with Gasteiger partial charge in [0.1, 0.15) is 12.4 Å². The molecule has 0 aliphatic carbocycles. The van der Waals surface area contributed by atoms with Gasteiger partial charge in [-0.15, -0.1) is 15.3 Å². The summed E-state index contributed by atoms with van der Waals surface area (Å²) in [4.78, 5) is 7.07. The van der Waals surface area contributed by atoms with Crippen LogP contribution < -0.4 is 9.47 Å². The Labute approximate surface area is 189 Å². The maximum Gasteiger partial charge on any atom is 0.275 e. The molecule has 0 spiro atoms. The van der Waals surface area contributed by atoms with E-state index in [-0.39, 0.29) is 6.61 Å². The van der Waals surface area contributed by atoms with Crippen LogP contribution in [0.5, 0.6) is 11.6 Å². The van der Waals surface area contributed by atoms with Crippen molar-refractivity contribution in [3.63, 3.8) is 0 Å². The molecule has 11 nitrogen and oxygen atoms in total. The zero-order valence-corrected chi connectivity index (χ0v) is 18.4. The summed E-state index contributed by atoms with van der Waals surface area (Å²) in [5, 5.41) is 25.6. The molecule has 1 aliphatic rings. The van der Waals surface area contributed by atoms with Gasteiger partial charge in [-0.3, -0.25) is 9.88 Å². The van der Waals surface area contributed by atoms with Gasteiger partial charge >= 0.3 is 0 Å². The molecule has 4 aromatic rings. The number of nitrogens with zero attached hydrogens (tertiary/aromatic N) is 8. The Morgan fingerprint density at radius 1 is 1.21 bits per heavy atom. The van der Waals surface area contributed by atoms with Crippen molar-refractivity contribution in [3.05, 3.63) is 47.0 Å². The lowest BCUT2D eigenvalue weighted by Gasteiger charge is -2.12. The second-order valence-corrected chi connectivity index (χ2v) is 7.80. The first-order chi connectivity index (χ1) is 16.1. The van der Waals surface area contributed by atoms with Gasteiger partial charge in [0.2, 0.25) is 5.82 Å². The first kappa shape index (κ1) is 20.8. The third-order valence-corrected chi connectivity index (χ3v) is 5.42. The first-order valence-electron chi connectivity index (χ1n) is 10.6. The standard InChI is InChI=1S/C22H22N8O3/c1-14-9-17(28-33-14)21-26-25-20-10-19(31-2)22(27-30(20)21)32-13-16-6-5-15-11-29(8-4-3-7-23)12-18(15)24-16/h5-6,9-10H,3-4,8,11-13H2,1-2H3. The minimum atomic E-state index is 0.233. The van der Waals surface area contributed by atoms with Crippen LogP contribution in [0.2, 0.25) is 0 Å². The highest BCUT2D eigenvalue weighted by atomic mass is 16.5. The Morgan fingerprint density at radius 2 is 2.12 bits per heavy atom. The Bertz CT molecular complexity index is 1340. The topological polar surface area (TPSA) is 127 Å². The molecule has 0 fully saturated rings. The molecule has 0 aromatic carbocycles. The molecule has 0 unspecified atom stereocenters. The third kappa shape index (κ3) is 4.20. The zero-order chi connectivity index (χ0) is 22.8. The lowest BCUT2D eigenvalue weighted by atomic mass is 10.2. The molecule has 0 bridgehead atoms. The summed E-state index contributed by atoms with van der Waals surface area (Å²) < 4.78 is 18.1. The van der Waals surface area contributed by atoms with Gasteiger partial charge in [-0.1, -0.05) is 11.2 Å². The maximum absolute atomic E-state index is 8.74. The monoisotopic (exact) mass is 446 g/mol. The highest BCUT2D eigenvalue weighted by Gasteiger charge is 2.21. The van der Waals surface area contributed by atoms with Gasteiger partial charge in [0, 0.05) is 31.6 Å². The van der Waals surface area contributed by atoms with E-state index in [1.807, 2.05) is 6.07 Å². The Kier molecular flexibility index (Phi) is 5.58. The fraction of sp³-hybridized carbons (Fsp3) is 0.364. The number of ether oxygens (including phenoxy) is 2. The second kappa shape index (κ2) is 8.84. The summed E-state index contributed by atoms with van der Waals surface area (Å²) in [7, 11) is 1.55. The first-order valence-corrected chi connectivity index (χ1v) is 10.6. The van der Waals surface area contributed by atoms with Crippen molar-refractivity contribution in [1.82, 2.24) is 34.9 Å². The second-order valence-electron chi connectivity index (χ2n) is 7.80. The van der Waals surface area contributed by atoms with Gasteiger partial charge in [0.25, 0.3) is 5.88 Å². The molecular formula is C22H22N8O3. The molecule has 168 valence electrons.